The van der Waals surface area contributed by atoms with Crippen LogP contribution in [0.4, 0.5) is 0 Å². The Morgan fingerprint density at radius 2 is 2.06 bits per heavy atom. The smallest absolute Gasteiger partial charge is 0.220 e. The summed E-state index contributed by atoms with van der Waals surface area (Å²) in [5.74, 6) is 0.776. The van der Waals surface area contributed by atoms with Gasteiger partial charge in [0.15, 0.2) is 0 Å². The number of methoxy groups -OCH3 is 1. The average molecular weight is 228 g/mol. The first-order valence-electron chi connectivity index (χ1n) is 6.23. The van der Waals surface area contributed by atoms with E-state index in [0.29, 0.717) is 25.0 Å². The minimum Gasteiger partial charge on any atom is -0.385 e. The fourth-order valence-corrected chi connectivity index (χ4v) is 2.12. The van der Waals surface area contributed by atoms with Gasteiger partial charge in [-0.05, 0) is 38.0 Å². The molecule has 0 aromatic heterocycles. The maximum Gasteiger partial charge on any atom is 0.220 e. The lowest BCUT2D eigenvalue weighted by molar-refractivity contribution is -0.121. The van der Waals surface area contributed by atoms with E-state index < -0.39 is 0 Å². The predicted molar refractivity (Wildman–Crippen MR) is 64.1 cm³/mol. The lowest BCUT2D eigenvalue weighted by atomic mass is 9.86. The zero-order chi connectivity index (χ0) is 11.8. The van der Waals surface area contributed by atoms with Gasteiger partial charge in [-0.2, -0.15) is 0 Å². The van der Waals surface area contributed by atoms with Crippen molar-refractivity contribution in [2.75, 3.05) is 20.3 Å². The fraction of sp³-hybridized carbons (Fsp3) is 0.917. The van der Waals surface area contributed by atoms with Crippen molar-refractivity contribution in [1.29, 1.82) is 0 Å². The Morgan fingerprint density at radius 3 is 2.69 bits per heavy atom. The molecule has 1 amide bonds. The molecular weight excluding hydrogens is 204 g/mol. The van der Waals surface area contributed by atoms with Crippen molar-refractivity contribution in [2.45, 2.75) is 44.6 Å². The molecule has 0 radical (unpaired) electrons. The molecule has 0 unspecified atom stereocenters. The largest absolute Gasteiger partial charge is 0.385 e. The number of hydrogen-bond donors (Lipinski definition) is 2. The minimum atomic E-state index is 0.145. The van der Waals surface area contributed by atoms with E-state index in [0.717, 1.165) is 38.6 Å². The first kappa shape index (κ1) is 13.5. The highest BCUT2D eigenvalue weighted by Crippen LogP contribution is 2.22. The highest BCUT2D eigenvalue weighted by molar-refractivity contribution is 5.75. The average Bonchev–Trinajstić information content (AvgIpc) is 2.29. The maximum absolute atomic E-state index is 11.4. The standard InChI is InChI=1S/C12H24N2O2/c1-16-8-2-3-12(15)14-9-10-4-6-11(13)7-5-10/h10-11H,2-9,13H2,1H3,(H,14,15). The summed E-state index contributed by atoms with van der Waals surface area (Å²) in [6.07, 6.45) is 5.88. The summed E-state index contributed by atoms with van der Waals surface area (Å²) in [6, 6.07) is 0.383. The van der Waals surface area contributed by atoms with Gasteiger partial charge in [-0.25, -0.2) is 0 Å². The Balaban J connectivity index is 2.03. The highest BCUT2D eigenvalue weighted by Gasteiger charge is 2.18. The van der Waals surface area contributed by atoms with Gasteiger partial charge in [0, 0.05) is 32.7 Å². The van der Waals surface area contributed by atoms with Crippen molar-refractivity contribution in [1.82, 2.24) is 5.32 Å². The molecule has 0 saturated heterocycles. The first-order valence-corrected chi connectivity index (χ1v) is 6.23. The molecular formula is C12H24N2O2. The Morgan fingerprint density at radius 1 is 1.38 bits per heavy atom. The van der Waals surface area contributed by atoms with E-state index in [4.69, 9.17) is 10.5 Å². The van der Waals surface area contributed by atoms with Gasteiger partial charge < -0.3 is 15.8 Å². The van der Waals surface area contributed by atoms with Crippen LogP contribution >= 0.6 is 0 Å². The van der Waals surface area contributed by atoms with E-state index in [1.54, 1.807) is 7.11 Å². The second-order valence-corrected chi connectivity index (χ2v) is 4.68. The number of hydrogen-bond acceptors (Lipinski definition) is 3. The predicted octanol–water partition coefficient (Wildman–Crippen LogP) is 1.05. The molecule has 0 atom stereocenters. The molecule has 0 bridgehead atoms. The zero-order valence-electron chi connectivity index (χ0n) is 10.2. The van der Waals surface area contributed by atoms with E-state index in [1.807, 2.05) is 0 Å². The quantitative estimate of drug-likeness (QED) is 0.668. The van der Waals surface area contributed by atoms with Crippen molar-refractivity contribution in [3.05, 3.63) is 0 Å². The normalized spacial score (nSPS) is 25.4. The van der Waals surface area contributed by atoms with Crippen LogP contribution in [0.15, 0.2) is 0 Å². The van der Waals surface area contributed by atoms with Crippen molar-refractivity contribution < 1.29 is 9.53 Å². The summed E-state index contributed by atoms with van der Waals surface area (Å²) < 4.78 is 4.90. The molecule has 0 aromatic carbocycles. The summed E-state index contributed by atoms with van der Waals surface area (Å²) >= 11 is 0. The van der Waals surface area contributed by atoms with Crippen molar-refractivity contribution >= 4 is 5.91 Å². The molecule has 1 saturated carbocycles. The van der Waals surface area contributed by atoms with Gasteiger partial charge >= 0.3 is 0 Å². The molecule has 3 N–H and O–H groups in total. The van der Waals surface area contributed by atoms with E-state index in [2.05, 4.69) is 5.32 Å². The minimum absolute atomic E-state index is 0.145. The molecule has 1 aliphatic carbocycles. The molecule has 1 aliphatic rings. The molecule has 4 heteroatoms. The third kappa shape index (κ3) is 5.47. The molecule has 4 nitrogen and oxygen atoms in total. The summed E-state index contributed by atoms with van der Waals surface area (Å²) in [6.45, 7) is 1.48. The van der Waals surface area contributed by atoms with Crippen molar-refractivity contribution in [3.8, 4) is 0 Å². The molecule has 16 heavy (non-hydrogen) atoms. The molecule has 0 aromatic rings. The summed E-state index contributed by atoms with van der Waals surface area (Å²) in [5.41, 5.74) is 5.83. The number of nitrogens with one attached hydrogen (secondary N) is 1. The fourth-order valence-electron chi connectivity index (χ4n) is 2.12. The van der Waals surface area contributed by atoms with Gasteiger partial charge in [0.1, 0.15) is 0 Å². The van der Waals surface area contributed by atoms with Crippen molar-refractivity contribution in [2.24, 2.45) is 11.7 Å². The first-order chi connectivity index (χ1) is 7.72. The SMILES string of the molecule is COCCCC(=O)NCC1CCC(N)CC1. The lowest BCUT2D eigenvalue weighted by Crippen LogP contribution is -2.34. The number of carbonyl (C=O) groups is 1. The van der Waals surface area contributed by atoms with Gasteiger partial charge in [0.25, 0.3) is 0 Å². The Labute approximate surface area is 97.9 Å². The molecule has 0 aliphatic heterocycles. The third-order valence-electron chi connectivity index (χ3n) is 3.23. The van der Waals surface area contributed by atoms with E-state index in [1.165, 1.54) is 0 Å². The molecule has 94 valence electrons. The lowest BCUT2D eigenvalue weighted by Gasteiger charge is -2.26. The number of amides is 1. The highest BCUT2D eigenvalue weighted by atomic mass is 16.5. The molecule has 0 spiro atoms. The zero-order valence-corrected chi connectivity index (χ0v) is 10.2. The van der Waals surface area contributed by atoms with Crippen LogP contribution in [0.25, 0.3) is 0 Å². The van der Waals surface area contributed by atoms with Crippen LogP contribution in [0.1, 0.15) is 38.5 Å². The Hall–Kier alpha value is -0.610. The summed E-state index contributed by atoms with van der Waals surface area (Å²) in [5, 5.41) is 2.99. The van der Waals surface area contributed by atoms with Crippen LogP contribution < -0.4 is 11.1 Å². The summed E-state index contributed by atoms with van der Waals surface area (Å²) in [4.78, 5) is 11.4. The number of carbonyl (C=O) groups excluding carboxylic acids is 1. The number of ether oxygens (including phenoxy) is 1. The van der Waals surface area contributed by atoms with E-state index >= 15 is 0 Å². The summed E-state index contributed by atoms with van der Waals surface area (Å²) in [7, 11) is 1.66. The van der Waals surface area contributed by atoms with Crippen LogP contribution in [0.2, 0.25) is 0 Å². The van der Waals surface area contributed by atoms with Gasteiger partial charge in [0.05, 0.1) is 0 Å². The van der Waals surface area contributed by atoms with Gasteiger partial charge in [-0.15, -0.1) is 0 Å². The van der Waals surface area contributed by atoms with Crippen LogP contribution in [0.3, 0.4) is 0 Å². The monoisotopic (exact) mass is 228 g/mol. The second-order valence-electron chi connectivity index (χ2n) is 4.68. The van der Waals surface area contributed by atoms with E-state index in [-0.39, 0.29) is 5.91 Å². The maximum atomic E-state index is 11.4. The van der Waals surface area contributed by atoms with Crippen LogP contribution in [-0.4, -0.2) is 32.2 Å². The number of nitrogens with two attached hydrogens (primary N) is 1. The topological polar surface area (TPSA) is 64.3 Å². The van der Waals surface area contributed by atoms with Crippen LogP contribution in [0.5, 0.6) is 0 Å². The van der Waals surface area contributed by atoms with E-state index in [9.17, 15) is 4.79 Å². The molecule has 1 rings (SSSR count). The number of rotatable bonds is 6. The molecule has 0 heterocycles. The third-order valence-corrected chi connectivity index (χ3v) is 3.23. The van der Waals surface area contributed by atoms with Gasteiger partial charge in [-0.3, -0.25) is 4.79 Å². The van der Waals surface area contributed by atoms with Crippen molar-refractivity contribution in [3.63, 3.8) is 0 Å². The second kappa shape index (κ2) is 7.63. The van der Waals surface area contributed by atoms with Crippen LogP contribution in [0, 0.1) is 5.92 Å². The Kier molecular flexibility index (Phi) is 6.42. The van der Waals surface area contributed by atoms with Crippen LogP contribution in [-0.2, 0) is 9.53 Å². The Bertz CT molecular complexity index is 201. The molecule has 1 fully saturated rings. The van der Waals surface area contributed by atoms with Gasteiger partial charge in [0.2, 0.25) is 5.91 Å². The van der Waals surface area contributed by atoms with Gasteiger partial charge in [-0.1, -0.05) is 0 Å².